The van der Waals surface area contributed by atoms with Gasteiger partial charge in [-0.15, -0.1) is 0 Å². The first-order valence-electron chi connectivity index (χ1n) is 11.2. The lowest BCUT2D eigenvalue weighted by molar-refractivity contribution is -0.0448. The highest BCUT2D eigenvalue weighted by molar-refractivity contribution is 6.35. The van der Waals surface area contributed by atoms with E-state index in [2.05, 4.69) is 0 Å². The third kappa shape index (κ3) is 4.80. The standard InChI is InChI=1S/C28H24B2Cl2O3/c1-19-13-15-23(17-25(19)31)27(29-33,21-9-5-3-6-10-21)35-28(30-34,22-11-7-4-8-12-22)24-16-14-20(2)26(32)18-24/h3-18,33-34H,1-2H3. The van der Waals surface area contributed by atoms with E-state index in [1.165, 1.54) is 0 Å². The normalized spacial score (nSPS) is 14.6. The summed E-state index contributed by atoms with van der Waals surface area (Å²) in [6.07, 6.45) is 0. The van der Waals surface area contributed by atoms with Gasteiger partial charge in [-0.3, -0.25) is 0 Å². The van der Waals surface area contributed by atoms with Crippen molar-refractivity contribution in [1.82, 2.24) is 0 Å². The Morgan fingerprint density at radius 2 is 0.943 bits per heavy atom. The Kier molecular flexibility index (Phi) is 7.75. The van der Waals surface area contributed by atoms with E-state index < -0.39 is 11.0 Å². The molecular weight excluding hydrogens is 477 g/mol. The number of hydrogen-bond acceptors (Lipinski definition) is 3. The Bertz CT molecular complexity index is 1200. The van der Waals surface area contributed by atoms with Crippen LogP contribution in [-0.2, 0) is 15.7 Å². The quantitative estimate of drug-likeness (QED) is 0.294. The fourth-order valence-electron chi connectivity index (χ4n) is 4.19. The summed E-state index contributed by atoms with van der Waals surface area (Å²) in [5.41, 5.74) is 1.30. The van der Waals surface area contributed by atoms with Crippen LogP contribution in [0, 0.1) is 13.8 Å². The minimum atomic E-state index is -1.50. The van der Waals surface area contributed by atoms with Crippen LogP contribution in [0.25, 0.3) is 0 Å². The molecule has 2 unspecified atom stereocenters. The van der Waals surface area contributed by atoms with Crippen molar-refractivity contribution >= 4 is 38.2 Å². The van der Waals surface area contributed by atoms with E-state index in [0.717, 1.165) is 26.1 Å². The molecule has 0 aliphatic rings. The fraction of sp³-hybridized carbons (Fsp3) is 0.143. The van der Waals surface area contributed by atoms with Crippen molar-refractivity contribution in [2.45, 2.75) is 24.8 Å². The third-order valence-corrected chi connectivity index (χ3v) is 7.11. The smallest absolute Gasteiger partial charge is 0.336 e. The van der Waals surface area contributed by atoms with Crippen LogP contribution in [0.5, 0.6) is 0 Å². The molecule has 2 radical (unpaired) electrons. The van der Waals surface area contributed by atoms with Gasteiger partial charge in [0.25, 0.3) is 0 Å². The van der Waals surface area contributed by atoms with Gasteiger partial charge in [-0.2, -0.15) is 0 Å². The molecule has 0 amide bonds. The second-order valence-electron chi connectivity index (χ2n) is 8.49. The molecule has 0 aliphatic heterocycles. The first-order valence-corrected chi connectivity index (χ1v) is 11.9. The molecule has 35 heavy (non-hydrogen) atoms. The van der Waals surface area contributed by atoms with Crippen LogP contribution in [0.15, 0.2) is 97.1 Å². The van der Waals surface area contributed by atoms with Crippen molar-refractivity contribution in [3.8, 4) is 0 Å². The van der Waals surface area contributed by atoms with Crippen LogP contribution in [-0.4, -0.2) is 25.0 Å². The summed E-state index contributed by atoms with van der Waals surface area (Å²) in [6, 6.07) is 29.7. The first-order chi connectivity index (χ1) is 16.9. The van der Waals surface area contributed by atoms with Gasteiger partial charge in [0.05, 0.1) is 0 Å². The summed E-state index contributed by atoms with van der Waals surface area (Å²) >= 11 is 13.0. The third-order valence-electron chi connectivity index (χ3n) is 6.29. The molecule has 0 aliphatic carbocycles. The molecule has 7 heteroatoms. The molecule has 4 aromatic carbocycles. The maximum Gasteiger partial charge on any atom is 0.336 e. The highest BCUT2D eigenvalue weighted by atomic mass is 35.5. The number of aryl methyl sites for hydroxylation is 2. The molecule has 2 N–H and O–H groups in total. The van der Waals surface area contributed by atoms with Crippen molar-refractivity contribution in [3.63, 3.8) is 0 Å². The van der Waals surface area contributed by atoms with E-state index in [1.807, 2.05) is 98.8 Å². The van der Waals surface area contributed by atoms with E-state index in [4.69, 9.17) is 27.9 Å². The lowest BCUT2D eigenvalue weighted by Gasteiger charge is -2.43. The van der Waals surface area contributed by atoms with E-state index >= 15 is 0 Å². The topological polar surface area (TPSA) is 49.7 Å². The number of hydrogen-bond donors (Lipinski definition) is 2. The van der Waals surface area contributed by atoms with Crippen molar-refractivity contribution in [2.24, 2.45) is 0 Å². The van der Waals surface area contributed by atoms with Gasteiger partial charge in [-0.25, -0.2) is 0 Å². The van der Waals surface area contributed by atoms with Gasteiger partial charge in [0.1, 0.15) is 11.0 Å². The molecule has 2 atom stereocenters. The summed E-state index contributed by atoms with van der Waals surface area (Å²) < 4.78 is 6.93. The molecule has 0 saturated carbocycles. The van der Waals surface area contributed by atoms with Gasteiger partial charge in [-0.1, -0.05) is 108 Å². The van der Waals surface area contributed by atoms with Gasteiger partial charge >= 0.3 is 15.0 Å². The molecular formula is C28H24B2Cl2O3. The zero-order valence-electron chi connectivity index (χ0n) is 19.5. The van der Waals surface area contributed by atoms with Crippen LogP contribution in [0.4, 0.5) is 0 Å². The molecule has 0 saturated heterocycles. The van der Waals surface area contributed by atoms with Gasteiger partial charge in [-0.05, 0) is 59.4 Å². The molecule has 174 valence electrons. The van der Waals surface area contributed by atoms with Gasteiger partial charge in [0.15, 0.2) is 0 Å². The van der Waals surface area contributed by atoms with E-state index in [1.54, 1.807) is 12.1 Å². The minimum absolute atomic E-state index is 0.532. The molecule has 3 nitrogen and oxygen atoms in total. The Morgan fingerprint density at radius 1 is 0.571 bits per heavy atom. The molecule has 0 spiro atoms. The summed E-state index contributed by atoms with van der Waals surface area (Å²) in [5.74, 6) is 0. The predicted molar refractivity (Wildman–Crippen MR) is 144 cm³/mol. The zero-order chi connectivity index (χ0) is 25.1. The Morgan fingerprint density at radius 3 is 1.26 bits per heavy atom. The van der Waals surface area contributed by atoms with E-state index in [9.17, 15) is 10.0 Å². The Balaban J connectivity index is 2.03. The zero-order valence-corrected chi connectivity index (χ0v) is 21.0. The summed E-state index contributed by atoms with van der Waals surface area (Å²) in [5, 5.41) is 22.8. The van der Waals surface area contributed by atoms with Crippen LogP contribution in [0.3, 0.4) is 0 Å². The number of rotatable bonds is 8. The molecule has 4 rings (SSSR count). The van der Waals surface area contributed by atoms with Gasteiger partial charge in [0, 0.05) is 10.0 Å². The van der Waals surface area contributed by atoms with Crippen molar-refractivity contribution in [2.75, 3.05) is 0 Å². The number of halogens is 2. The molecule has 0 fully saturated rings. The largest absolute Gasteiger partial charge is 0.451 e. The first kappa shape index (κ1) is 25.6. The van der Waals surface area contributed by atoms with Crippen LogP contribution < -0.4 is 0 Å². The highest BCUT2D eigenvalue weighted by Crippen LogP contribution is 2.44. The Hall–Kier alpha value is -2.53. The number of benzene rings is 4. The fourth-order valence-corrected chi connectivity index (χ4v) is 4.55. The SMILES string of the molecule is Cc1ccc(C([B]O)(OC([B]O)(c2ccccc2)c2ccc(C)c(Cl)c2)c2ccccc2)cc1Cl. The highest BCUT2D eigenvalue weighted by Gasteiger charge is 2.48. The molecule has 0 bridgehead atoms. The molecule has 4 aromatic rings. The van der Waals surface area contributed by atoms with Crippen LogP contribution in [0.1, 0.15) is 33.4 Å². The second kappa shape index (κ2) is 10.6. The Labute approximate surface area is 217 Å². The van der Waals surface area contributed by atoms with Gasteiger partial charge < -0.3 is 14.8 Å². The lowest BCUT2D eigenvalue weighted by atomic mass is 9.61. The van der Waals surface area contributed by atoms with Crippen LogP contribution in [0.2, 0.25) is 10.0 Å². The number of ether oxygens (including phenoxy) is 1. The predicted octanol–water partition coefficient (Wildman–Crippen LogP) is 5.95. The monoisotopic (exact) mass is 500 g/mol. The van der Waals surface area contributed by atoms with Crippen LogP contribution >= 0.6 is 23.2 Å². The van der Waals surface area contributed by atoms with Gasteiger partial charge in [0.2, 0.25) is 0 Å². The average molecular weight is 501 g/mol. The summed E-state index contributed by atoms with van der Waals surface area (Å²) in [7, 11) is 2.00. The minimum Gasteiger partial charge on any atom is -0.451 e. The van der Waals surface area contributed by atoms with E-state index in [-0.39, 0.29) is 0 Å². The maximum atomic E-state index is 10.9. The van der Waals surface area contributed by atoms with E-state index in [0.29, 0.717) is 32.3 Å². The second-order valence-corrected chi connectivity index (χ2v) is 9.31. The van der Waals surface area contributed by atoms with Crippen molar-refractivity contribution < 1.29 is 14.8 Å². The average Bonchev–Trinajstić information content (AvgIpc) is 2.90. The van der Waals surface area contributed by atoms with Crippen molar-refractivity contribution in [3.05, 3.63) is 140 Å². The summed E-state index contributed by atoms with van der Waals surface area (Å²) in [4.78, 5) is 0. The summed E-state index contributed by atoms with van der Waals surface area (Å²) in [6.45, 7) is 3.81. The maximum absolute atomic E-state index is 10.9. The lowest BCUT2D eigenvalue weighted by Crippen LogP contribution is -2.49. The van der Waals surface area contributed by atoms with Crippen molar-refractivity contribution in [1.29, 1.82) is 0 Å². The molecule has 0 aromatic heterocycles. The molecule has 0 heterocycles.